The molecule has 1 aromatic heterocycles. The van der Waals surface area contributed by atoms with Crippen molar-refractivity contribution in [2.45, 2.75) is 46.7 Å². The van der Waals surface area contributed by atoms with Crippen LogP contribution in [-0.2, 0) is 17.8 Å². The molecule has 0 radical (unpaired) electrons. The fraction of sp³-hybridized carbons (Fsp3) is 0.500. The van der Waals surface area contributed by atoms with E-state index in [-0.39, 0.29) is 11.9 Å². The first-order valence-electron chi connectivity index (χ1n) is 8.88. The summed E-state index contributed by atoms with van der Waals surface area (Å²) in [7, 11) is 3.87. The molecule has 0 saturated carbocycles. The van der Waals surface area contributed by atoms with Crippen molar-refractivity contribution >= 4 is 5.91 Å². The highest BCUT2D eigenvalue weighted by Gasteiger charge is 2.22. The zero-order valence-electron chi connectivity index (χ0n) is 16.3. The van der Waals surface area contributed by atoms with Gasteiger partial charge in [-0.2, -0.15) is 5.10 Å². The van der Waals surface area contributed by atoms with Gasteiger partial charge in [-0.1, -0.05) is 29.8 Å². The van der Waals surface area contributed by atoms with Gasteiger partial charge in [0.25, 0.3) is 0 Å². The van der Waals surface area contributed by atoms with Crippen LogP contribution in [0.1, 0.15) is 41.0 Å². The van der Waals surface area contributed by atoms with Crippen LogP contribution in [0.25, 0.3) is 0 Å². The Bertz CT molecular complexity index is 733. The lowest BCUT2D eigenvalue weighted by Gasteiger charge is -2.24. The average Bonchev–Trinajstić information content (AvgIpc) is 2.82. The minimum Gasteiger partial charge on any atom is -0.354 e. The van der Waals surface area contributed by atoms with E-state index in [4.69, 9.17) is 0 Å². The Hall–Kier alpha value is -2.14. The third kappa shape index (κ3) is 4.48. The van der Waals surface area contributed by atoms with Crippen LogP contribution in [-0.4, -0.2) is 41.2 Å². The summed E-state index contributed by atoms with van der Waals surface area (Å²) in [5, 5.41) is 7.64. The predicted octanol–water partition coefficient (Wildman–Crippen LogP) is 2.79. The van der Waals surface area contributed by atoms with E-state index < -0.39 is 0 Å². The Kier molecular flexibility index (Phi) is 6.37. The normalized spacial score (nSPS) is 12.4. The second kappa shape index (κ2) is 8.30. The lowest BCUT2D eigenvalue weighted by atomic mass is 10.0. The molecule has 5 heteroatoms. The van der Waals surface area contributed by atoms with Crippen LogP contribution in [0.15, 0.2) is 24.3 Å². The van der Waals surface area contributed by atoms with Gasteiger partial charge >= 0.3 is 0 Å². The van der Waals surface area contributed by atoms with Crippen LogP contribution in [0.4, 0.5) is 0 Å². The van der Waals surface area contributed by atoms with Gasteiger partial charge in [-0.15, -0.1) is 0 Å². The number of hydrogen-bond acceptors (Lipinski definition) is 3. The van der Waals surface area contributed by atoms with E-state index in [2.05, 4.69) is 30.3 Å². The molecule has 1 aromatic carbocycles. The van der Waals surface area contributed by atoms with Crippen LogP contribution in [0.5, 0.6) is 0 Å². The van der Waals surface area contributed by atoms with Gasteiger partial charge in [0.05, 0.1) is 5.69 Å². The van der Waals surface area contributed by atoms with Crippen molar-refractivity contribution in [3.05, 3.63) is 52.3 Å². The van der Waals surface area contributed by atoms with Gasteiger partial charge in [-0.25, -0.2) is 0 Å². The van der Waals surface area contributed by atoms with E-state index in [0.717, 1.165) is 29.8 Å². The molecule has 0 aliphatic rings. The van der Waals surface area contributed by atoms with E-state index in [1.807, 2.05) is 55.7 Å². The van der Waals surface area contributed by atoms with Crippen molar-refractivity contribution < 1.29 is 4.79 Å². The standard InChI is InChI=1S/C20H30N4O/c1-7-24-16(4)18(15(3)22-24)11-12-21-20(25)19(23(5)6)17-10-8-9-14(2)13-17/h8-10,13,19H,7,11-12H2,1-6H3,(H,21,25). The number of aryl methyl sites for hydroxylation is 3. The van der Waals surface area contributed by atoms with Crippen molar-refractivity contribution in [2.24, 2.45) is 0 Å². The Balaban J connectivity index is 2.04. The van der Waals surface area contributed by atoms with Crippen LogP contribution >= 0.6 is 0 Å². The summed E-state index contributed by atoms with van der Waals surface area (Å²) in [5.41, 5.74) is 5.66. The van der Waals surface area contributed by atoms with Crippen LogP contribution in [0, 0.1) is 20.8 Å². The first-order valence-corrected chi connectivity index (χ1v) is 8.88. The van der Waals surface area contributed by atoms with Gasteiger partial charge in [0, 0.05) is 18.8 Å². The van der Waals surface area contributed by atoms with Crippen molar-refractivity contribution in [3.8, 4) is 0 Å². The number of aromatic nitrogens is 2. The van der Waals surface area contributed by atoms with Gasteiger partial charge in [-0.3, -0.25) is 14.4 Å². The molecule has 136 valence electrons. The van der Waals surface area contributed by atoms with Crippen LogP contribution in [0.2, 0.25) is 0 Å². The minimum atomic E-state index is -0.277. The highest BCUT2D eigenvalue weighted by Crippen LogP contribution is 2.20. The largest absolute Gasteiger partial charge is 0.354 e. The summed E-state index contributed by atoms with van der Waals surface area (Å²) in [6.07, 6.45) is 0.803. The summed E-state index contributed by atoms with van der Waals surface area (Å²) in [6, 6.07) is 7.85. The first-order chi connectivity index (χ1) is 11.8. The molecule has 2 rings (SSSR count). The number of benzene rings is 1. The van der Waals surface area contributed by atoms with Gasteiger partial charge < -0.3 is 5.32 Å². The molecule has 1 N–H and O–H groups in total. The maximum atomic E-state index is 12.7. The van der Waals surface area contributed by atoms with Crippen LogP contribution < -0.4 is 5.32 Å². The Morgan fingerprint density at radius 2 is 2.00 bits per heavy atom. The van der Waals surface area contributed by atoms with E-state index in [9.17, 15) is 4.79 Å². The molecule has 0 saturated heterocycles. The SMILES string of the molecule is CCn1nc(C)c(CCNC(=O)C(c2cccc(C)c2)N(C)C)c1C. The Morgan fingerprint density at radius 1 is 1.28 bits per heavy atom. The summed E-state index contributed by atoms with van der Waals surface area (Å²) in [6.45, 7) is 9.75. The zero-order valence-corrected chi connectivity index (χ0v) is 16.3. The number of nitrogens with one attached hydrogen (secondary N) is 1. The molecular formula is C20H30N4O. The van der Waals surface area contributed by atoms with E-state index >= 15 is 0 Å². The molecule has 2 aromatic rings. The average molecular weight is 342 g/mol. The third-order valence-electron chi connectivity index (χ3n) is 4.63. The summed E-state index contributed by atoms with van der Waals surface area (Å²) >= 11 is 0. The van der Waals surface area contributed by atoms with E-state index in [1.54, 1.807) is 0 Å². The molecule has 0 aliphatic heterocycles. The van der Waals surface area contributed by atoms with Crippen molar-refractivity contribution in [2.75, 3.05) is 20.6 Å². The molecule has 1 atom stereocenters. The number of rotatable bonds is 7. The number of amides is 1. The van der Waals surface area contributed by atoms with Gasteiger partial charge in [-0.05, 0) is 59.3 Å². The molecule has 0 aliphatic carbocycles. The van der Waals surface area contributed by atoms with Crippen molar-refractivity contribution in [1.29, 1.82) is 0 Å². The monoisotopic (exact) mass is 342 g/mol. The summed E-state index contributed by atoms with van der Waals surface area (Å²) < 4.78 is 2.02. The Labute approximate surface area is 151 Å². The number of nitrogens with zero attached hydrogens (tertiary/aromatic N) is 3. The van der Waals surface area contributed by atoms with E-state index in [0.29, 0.717) is 6.54 Å². The number of likely N-dealkylation sites (N-methyl/N-ethyl adjacent to an activating group) is 1. The fourth-order valence-electron chi connectivity index (χ4n) is 3.34. The zero-order chi connectivity index (χ0) is 18.6. The minimum absolute atomic E-state index is 0.0359. The molecule has 0 fully saturated rings. The smallest absolute Gasteiger partial charge is 0.241 e. The molecule has 5 nitrogen and oxygen atoms in total. The van der Waals surface area contributed by atoms with E-state index in [1.165, 1.54) is 11.3 Å². The highest BCUT2D eigenvalue weighted by molar-refractivity contribution is 5.83. The maximum Gasteiger partial charge on any atom is 0.241 e. The topological polar surface area (TPSA) is 50.2 Å². The molecule has 25 heavy (non-hydrogen) atoms. The first kappa shape index (κ1) is 19.2. The van der Waals surface area contributed by atoms with Crippen LogP contribution in [0.3, 0.4) is 0 Å². The fourth-order valence-corrected chi connectivity index (χ4v) is 3.34. The third-order valence-corrected chi connectivity index (χ3v) is 4.63. The lowest BCUT2D eigenvalue weighted by Crippen LogP contribution is -2.38. The number of carbonyl (C=O) groups excluding carboxylic acids is 1. The van der Waals surface area contributed by atoms with Crippen molar-refractivity contribution in [1.82, 2.24) is 20.0 Å². The second-order valence-electron chi connectivity index (χ2n) is 6.79. The van der Waals surface area contributed by atoms with Gasteiger partial charge in [0.1, 0.15) is 6.04 Å². The molecule has 1 heterocycles. The number of carbonyl (C=O) groups is 1. The Morgan fingerprint density at radius 3 is 2.56 bits per heavy atom. The van der Waals surface area contributed by atoms with Crippen molar-refractivity contribution in [3.63, 3.8) is 0 Å². The predicted molar refractivity (Wildman–Crippen MR) is 102 cm³/mol. The second-order valence-corrected chi connectivity index (χ2v) is 6.79. The molecular weight excluding hydrogens is 312 g/mol. The summed E-state index contributed by atoms with van der Waals surface area (Å²) in [4.78, 5) is 14.7. The molecule has 0 bridgehead atoms. The summed E-state index contributed by atoms with van der Waals surface area (Å²) in [5.74, 6) is 0.0359. The highest BCUT2D eigenvalue weighted by atomic mass is 16.2. The lowest BCUT2D eigenvalue weighted by molar-refractivity contribution is -0.125. The molecule has 1 unspecified atom stereocenters. The molecule has 0 spiro atoms. The maximum absolute atomic E-state index is 12.7. The number of hydrogen-bond donors (Lipinski definition) is 1. The quantitative estimate of drug-likeness (QED) is 0.842. The van der Waals surface area contributed by atoms with Gasteiger partial charge in [0.2, 0.25) is 5.91 Å². The van der Waals surface area contributed by atoms with Gasteiger partial charge in [0.15, 0.2) is 0 Å². The molecule has 1 amide bonds.